The predicted molar refractivity (Wildman–Crippen MR) is 81.9 cm³/mol. The molecule has 1 atom stereocenters. The van der Waals surface area contributed by atoms with Gasteiger partial charge in [0.05, 0.1) is 0 Å². The number of aryl methyl sites for hydroxylation is 1. The lowest BCUT2D eigenvalue weighted by Gasteiger charge is -2.14. The fourth-order valence-electron chi connectivity index (χ4n) is 1.65. The minimum Gasteiger partial charge on any atom is -0.314 e. The first kappa shape index (κ1) is 16.2. The molecule has 5 heteroatoms. The second kappa shape index (κ2) is 8.38. The van der Waals surface area contributed by atoms with E-state index in [4.69, 9.17) is 0 Å². The van der Waals surface area contributed by atoms with E-state index in [1.54, 1.807) is 17.8 Å². The van der Waals surface area contributed by atoms with Crippen molar-refractivity contribution in [3.05, 3.63) is 22.1 Å². The number of rotatable bonds is 8. The van der Waals surface area contributed by atoms with Crippen molar-refractivity contribution in [1.82, 2.24) is 15.3 Å². The maximum atomic E-state index is 11.5. The lowest BCUT2D eigenvalue weighted by molar-refractivity contribution is 0.510. The number of aromatic amines is 1. The third kappa shape index (κ3) is 6.78. The summed E-state index contributed by atoms with van der Waals surface area (Å²) < 4.78 is 0. The zero-order valence-corrected chi connectivity index (χ0v) is 13.1. The van der Waals surface area contributed by atoms with Gasteiger partial charge in [-0.05, 0) is 18.9 Å². The molecule has 0 amide bonds. The second-order valence-corrected chi connectivity index (χ2v) is 6.28. The van der Waals surface area contributed by atoms with E-state index in [-0.39, 0.29) is 5.56 Å². The molecular formula is C14H25N3OS. The van der Waals surface area contributed by atoms with Gasteiger partial charge in [-0.1, -0.05) is 45.9 Å². The van der Waals surface area contributed by atoms with Gasteiger partial charge in [0.25, 0.3) is 5.56 Å². The van der Waals surface area contributed by atoms with Crippen LogP contribution in [0, 0.1) is 5.92 Å². The first-order valence-corrected chi connectivity index (χ1v) is 7.96. The van der Waals surface area contributed by atoms with E-state index in [1.165, 1.54) is 0 Å². The highest BCUT2D eigenvalue weighted by atomic mass is 32.2. The van der Waals surface area contributed by atoms with Gasteiger partial charge in [0.1, 0.15) is 0 Å². The number of hydrogen-bond donors (Lipinski definition) is 2. The molecule has 1 aromatic rings. The summed E-state index contributed by atoms with van der Waals surface area (Å²) in [6.45, 7) is 9.58. The van der Waals surface area contributed by atoms with E-state index in [2.05, 4.69) is 43.0 Å². The van der Waals surface area contributed by atoms with Gasteiger partial charge >= 0.3 is 0 Å². The van der Waals surface area contributed by atoms with Crippen LogP contribution in [0.15, 0.2) is 16.0 Å². The number of aromatic nitrogens is 2. The van der Waals surface area contributed by atoms with Crippen molar-refractivity contribution in [1.29, 1.82) is 0 Å². The summed E-state index contributed by atoms with van der Waals surface area (Å²) in [5, 5.41) is 4.16. The Morgan fingerprint density at radius 1 is 1.42 bits per heavy atom. The molecule has 0 aliphatic carbocycles. The SMILES string of the molecule is CCCc1cc(=O)[nH]c(SCC(C)CNC(C)C)n1. The number of nitrogens with zero attached hydrogens (tertiary/aromatic N) is 1. The van der Waals surface area contributed by atoms with Gasteiger partial charge in [0.15, 0.2) is 5.16 Å². The number of H-pyrrole nitrogens is 1. The third-order valence-electron chi connectivity index (χ3n) is 2.66. The van der Waals surface area contributed by atoms with Crippen molar-refractivity contribution < 1.29 is 0 Å². The smallest absolute Gasteiger partial charge is 0.251 e. The highest BCUT2D eigenvalue weighted by Crippen LogP contribution is 2.15. The van der Waals surface area contributed by atoms with Crippen molar-refractivity contribution in [2.45, 2.75) is 51.7 Å². The molecule has 0 spiro atoms. The summed E-state index contributed by atoms with van der Waals surface area (Å²) in [4.78, 5) is 18.8. The van der Waals surface area contributed by atoms with E-state index in [0.29, 0.717) is 12.0 Å². The number of nitrogens with one attached hydrogen (secondary N) is 2. The van der Waals surface area contributed by atoms with Gasteiger partial charge in [-0.2, -0.15) is 0 Å². The quantitative estimate of drug-likeness (QED) is 0.568. The lowest BCUT2D eigenvalue weighted by atomic mass is 10.2. The van der Waals surface area contributed by atoms with Crippen molar-refractivity contribution in [3.63, 3.8) is 0 Å². The monoisotopic (exact) mass is 283 g/mol. The number of hydrogen-bond acceptors (Lipinski definition) is 4. The van der Waals surface area contributed by atoms with Crippen LogP contribution in [0.2, 0.25) is 0 Å². The molecule has 0 radical (unpaired) electrons. The Bertz CT molecular complexity index is 431. The Morgan fingerprint density at radius 3 is 2.79 bits per heavy atom. The highest BCUT2D eigenvalue weighted by Gasteiger charge is 2.06. The molecule has 1 rings (SSSR count). The van der Waals surface area contributed by atoms with Crippen LogP contribution in [-0.4, -0.2) is 28.3 Å². The summed E-state index contributed by atoms with van der Waals surface area (Å²) in [6.07, 6.45) is 1.87. The zero-order valence-electron chi connectivity index (χ0n) is 12.3. The Morgan fingerprint density at radius 2 is 2.16 bits per heavy atom. The molecule has 0 aliphatic heterocycles. The molecule has 0 bridgehead atoms. The zero-order chi connectivity index (χ0) is 14.3. The summed E-state index contributed by atoms with van der Waals surface area (Å²) in [6, 6.07) is 2.11. The molecule has 0 aromatic carbocycles. The topological polar surface area (TPSA) is 57.8 Å². The van der Waals surface area contributed by atoms with Gasteiger partial charge in [-0.15, -0.1) is 0 Å². The summed E-state index contributed by atoms with van der Waals surface area (Å²) >= 11 is 1.63. The average molecular weight is 283 g/mol. The molecule has 0 saturated heterocycles. The number of thioether (sulfide) groups is 1. The first-order chi connectivity index (χ1) is 9.01. The largest absolute Gasteiger partial charge is 0.314 e. The Labute approximate surface area is 119 Å². The fourth-order valence-corrected chi connectivity index (χ4v) is 2.57. The molecule has 2 N–H and O–H groups in total. The molecule has 0 aliphatic rings. The standard InChI is InChI=1S/C14H25N3OS/c1-5-6-12-7-13(18)17-14(16-12)19-9-11(4)8-15-10(2)3/h7,10-11,15H,5-6,8-9H2,1-4H3,(H,16,17,18). The lowest BCUT2D eigenvalue weighted by Crippen LogP contribution is -2.28. The Balaban J connectivity index is 2.50. The van der Waals surface area contributed by atoms with Crippen LogP contribution in [0.1, 0.15) is 39.8 Å². The van der Waals surface area contributed by atoms with Crippen molar-refractivity contribution in [3.8, 4) is 0 Å². The maximum absolute atomic E-state index is 11.5. The summed E-state index contributed by atoms with van der Waals surface area (Å²) in [5.41, 5.74) is 0.843. The van der Waals surface area contributed by atoms with E-state index in [9.17, 15) is 4.79 Å². The summed E-state index contributed by atoms with van der Waals surface area (Å²) in [5.74, 6) is 1.51. The minimum absolute atomic E-state index is 0.0473. The van der Waals surface area contributed by atoms with Gasteiger partial charge in [0, 0.05) is 23.6 Å². The van der Waals surface area contributed by atoms with Crippen molar-refractivity contribution in [2.75, 3.05) is 12.3 Å². The normalized spacial score (nSPS) is 12.9. The van der Waals surface area contributed by atoms with Crippen LogP contribution in [0.4, 0.5) is 0 Å². The highest BCUT2D eigenvalue weighted by molar-refractivity contribution is 7.99. The second-order valence-electron chi connectivity index (χ2n) is 5.27. The van der Waals surface area contributed by atoms with Crippen LogP contribution in [-0.2, 0) is 6.42 Å². The molecule has 108 valence electrons. The van der Waals surface area contributed by atoms with Crippen LogP contribution < -0.4 is 10.9 Å². The van der Waals surface area contributed by atoms with Crippen molar-refractivity contribution >= 4 is 11.8 Å². The van der Waals surface area contributed by atoms with Crippen LogP contribution >= 0.6 is 11.8 Å². The van der Waals surface area contributed by atoms with Gasteiger partial charge in [-0.3, -0.25) is 4.79 Å². The molecule has 1 aromatic heterocycles. The Hall–Kier alpha value is -0.810. The van der Waals surface area contributed by atoms with Crippen LogP contribution in [0.5, 0.6) is 0 Å². The van der Waals surface area contributed by atoms with Crippen molar-refractivity contribution in [2.24, 2.45) is 5.92 Å². The Kier molecular flexibility index (Phi) is 7.16. The molecule has 1 unspecified atom stereocenters. The fraction of sp³-hybridized carbons (Fsp3) is 0.714. The van der Waals surface area contributed by atoms with Crippen LogP contribution in [0.25, 0.3) is 0 Å². The molecule has 4 nitrogen and oxygen atoms in total. The molecule has 19 heavy (non-hydrogen) atoms. The van der Waals surface area contributed by atoms with E-state index in [1.807, 2.05) is 0 Å². The van der Waals surface area contributed by atoms with E-state index < -0.39 is 0 Å². The van der Waals surface area contributed by atoms with Gasteiger partial charge in [-0.25, -0.2) is 4.98 Å². The molecule has 0 fully saturated rings. The molecule has 1 heterocycles. The molecular weight excluding hydrogens is 258 g/mol. The molecule has 0 saturated carbocycles. The summed E-state index contributed by atoms with van der Waals surface area (Å²) in [7, 11) is 0. The van der Waals surface area contributed by atoms with Crippen LogP contribution in [0.3, 0.4) is 0 Å². The first-order valence-electron chi connectivity index (χ1n) is 6.97. The van der Waals surface area contributed by atoms with E-state index >= 15 is 0 Å². The van der Waals surface area contributed by atoms with Gasteiger partial charge < -0.3 is 10.3 Å². The maximum Gasteiger partial charge on any atom is 0.251 e. The van der Waals surface area contributed by atoms with Gasteiger partial charge in [0.2, 0.25) is 0 Å². The van der Waals surface area contributed by atoms with E-state index in [0.717, 1.165) is 36.0 Å². The third-order valence-corrected chi connectivity index (χ3v) is 3.86. The average Bonchev–Trinajstić information content (AvgIpc) is 2.33. The minimum atomic E-state index is -0.0473. The predicted octanol–water partition coefficient (Wildman–Crippen LogP) is 2.45.